The van der Waals surface area contributed by atoms with Crippen molar-refractivity contribution in [2.45, 2.75) is 38.2 Å². The number of aliphatic carboxylic acids is 1. The van der Waals surface area contributed by atoms with Crippen molar-refractivity contribution in [3.05, 3.63) is 29.8 Å². The lowest BCUT2D eigenvalue weighted by molar-refractivity contribution is -0.138. The molecule has 1 N–H and O–H groups in total. The molecule has 0 saturated carbocycles. The minimum Gasteiger partial charge on any atom is -0.488 e. The SMILES string of the molecule is CC(C)(CC(=O)O)c1ccc(OC2CCOC2)cc1. The molecule has 1 fully saturated rings. The van der Waals surface area contributed by atoms with Gasteiger partial charge in [0.05, 0.1) is 19.6 Å². The third kappa shape index (κ3) is 3.70. The standard InChI is InChI=1S/C15H20O4/c1-15(2,9-14(16)17)11-3-5-12(6-4-11)19-13-7-8-18-10-13/h3-6,13H,7-10H2,1-2H3,(H,16,17). The lowest BCUT2D eigenvalue weighted by Gasteiger charge is -2.23. The minimum atomic E-state index is -0.784. The number of carboxylic acid groups (broad SMARTS) is 1. The summed E-state index contributed by atoms with van der Waals surface area (Å²) in [7, 11) is 0. The molecule has 19 heavy (non-hydrogen) atoms. The Labute approximate surface area is 113 Å². The first-order valence-electron chi connectivity index (χ1n) is 6.54. The van der Waals surface area contributed by atoms with E-state index >= 15 is 0 Å². The number of hydrogen-bond donors (Lipinski definition) is 1. The van der Waals surface area contributed by atoms with E-state index in [1.807, 2.05) is 38.1 Å². The first-order valence-corrected chi connectivity index (χ1v) is 6.54. The van der Waals surface area contributed by atoms with Crippen molar-refractivity contribution in [2.24, 2.45) is 0 Å². The molecular weight excluding hydrogens is 244 g/mol. The molecule has 1 heterocycles. The summed E-state index contributed by atoms with van der Waals surface area (Å²) in [4.78, 5) is 10.8. The van der Waals surface area contributed by atoms with E-state index in [0.717, 1.165) is 24.3 Å². The summed E-state index contributed by atoms with van der Waals surface area (Å²) in [6, 6.07) is 7.68. The van der Waals surface area contributed by atoms with Crippen molar-refractivity contribution < 1.29 is 19.4 Å². The number of ether oxygens (including phenoxy) is 2. The molecule has 1 saturated heterocycles. The summed E-state index contributed by atoms with van der Waals surface area (Å²) < 4.78 is 11.0. The maximum absolute atomic E-state index is 10.8. The van der Waals surface area contributed by atoms with E-state index in [9.17, 15) is 4.79 Å². The quantitative estimate of drug-likeness (QED) is 0.888. The molecule has 0 amide bonds. The zero-order valence-corrected chi connectivity index (χ0v) is 11.4. The predicted molar refractivity (Wildman–Crippen MR) is 71.6 cm³/mol. The van der Waals surface area contributed by atoms with E-state index in [-0.39, 0.29) is 17.9 Å². The van der Waals surface area contributed by atoms with Crippen LogP contribution >= 0.6 is 0 Å². The van der Waals surface area contributed by atoms with E-state index < -0.39 is 5.97 Å². The van der Waals surface area contributed by atoms with Crippen LogP contribution in [0.25, 0.3) is 0 Å². The average Bonchev–Trinajstić information content (AvgIpc) is 2.81. The van der Waals surface area contributed by atoms with Crippen LogP contribution in [0.3, 0.4) is 0 Å². The lowest BCUT2D eigenvalue weighted by Crippen LogP contribution is -2.21. The van der Waals surface area contributed by atoms with E-state index in [2.05, 4.69) is 0 Å². The van der Waals surface area contributed by atoms with Gasteiger partial charge in [0.25, 0.3) is 0 Å². The molecule has 4 heteroatoms. The van der Waals surface area contributed by atoms with E-state index in [1.54, 1.807) is 0 Å². The highest BCUT2D eigenvalue weighted by molar-refractivity contribution is 5.68. The van der Waals surface area contributed by atoms with Crippen molar-refractivity contribution in [3.63, 3.8) is 0 Å². The third-order valence-electron chi connectivity index (χ3n) is 3.42. The normalized spacial score (nSPS) is 19.4. The molecule has 4 nitrogen and oxygen atoms in total. The van der Waals surface area contributed by atoms with Crippen LogP contribution in [0.1, 0.15) is 32.3 Å². The highest BCUT2D eigenvalue weighted by atomic mass is 16.5. The predicted octanol–water partition coefficient (Wildman–Crippen LogP) is 2.61. The molecule has 104 valence electrons. The molecule has 0 aromatic heterocycles. The third-order valence-corrected chi connectivity index (χ3v) is 3.42. The average molecular weight is 264 g/mol. The Morgan fingerprint density at radius 3 is 2.63 bits per heavy atom. The van der Waals surface area contributed by atoms with Crippen LogP contribution in [0.4, 0.5) is 0 Å². The Hall–Kier alpha value is -1.55. The van der Waals surface area contributed by atoms with Gasteiger partial charge in [0.15, 0.2) is 0 Å². The number of rotatable bonds is 5. The van der Waals surface area contributed by atoms with E-state index in [0.29, 0.717) is 6.61 Å². The highest BCUT2D eigenvalue weighted by Gasteiger charge is 2.24. The van der Waals surface area contributed by atoms with Gasteiger partial charge in [0, 0.05) is 11.8 Å². The van der Waals surface area contributed by atoms with Crippen LogP contribution in [0.5, 0.6) is 5.75 Å². The molecule has 2 rings (SSSR count). The van der Waals surface area contributed by atoms with Gasteiger partial charge in [-0.25, -0.2) is 0 Å². The molecule has 1 aromatic carbocycles. The summed E-state index contributed by atoms with van der Waals surface area (Å²) >= 11 is 0. The smallest absolute Gasteiger partial charge is 0.304 e. The number of carbonyl (C=O) groups is 1. The van der Waals surface area contributed by atoms with Crippen LogP contribution in [-0.2, 0) is 14.9 Å². The first-order chi connectivity index (χ1) is 8.97. The number of benzene rings is 1. The second-order valence-electron chi connectivity index (χ2n) is 5.58. The van der Waals surface area contributed by atoms with Gasteiger partial charge in [-0.3, -0.25) is 4.79 Å². The van der Waals surface area contributed by atoms with Crippen molar-refractivity contribution in [1.29, 1.82) is 0 Å². The molecule has 1 aliphatic heterocycles. The number of hydrogen-bond acceptors (Lipinski definition) is 3. The molecule has 1 atom stereocenters. The van der Waals surface area contributed by atoms with Crippen LogP contribution in [0.2, 0.25) is 0 Å². The Kier molecular flexibility index (Phi) is 4.10. The fraction of sp³-hybridized carbons (Fsp3) is 0.533. The van der Waals surface area contributed by atoms with Crippen molar-refractivity contribution in [2.75, 3.05) is 13.2 Å². The molecule has 0 radical (unpaired) electrons. The molecule has 1 aromatic rings. The van der Waals surface area contributed by atoms with Gasteiger partial charge < -0.3 is 14.6 Å². The van der Waals surface area contributed by atoms with Gasteiger partial charge in [-0.1, -0.05) is 26.0 Å². The van der Waals surface area contributed by atoms with Crippen LogP contribution in [0.15, 0.2) is 24.3 Å². The second-order valence-corrected chi connectivity index (χ2v) is 5.58. The van der Waals surface area contributed by atoms with Crippen molar-refractivity contribution in [1.82, 2.24) is 0 Å². The van der Waals surface area contributed by atoms with Gasteiger partial charge in [-0.15, -0.1) is 0 Å². The van der Waals surface area contributed by atoms with E-state index in [4.69, 9.17) is 14.6 Å². The first kappa shape index (κ1) is 13.9. The molecule has 0 aliphatic carbocycles. The van der Waals surface area contributed by atoms with Crippen molar-refractivity contribution in [3.8, 4) is 5.75 Å². The number of carboxylic acids is 1. The summed E-state index contributed by atoms with van der Waals surface area (Å²) in [5.41, 5.74) is 0.630. The van der Waals surface area contributed by atoms with Gasteiger partial charge in [0.2, 0.25) is 0 Å². The zero-order valence-electron chi connectivity index (χ0n) is 11.4. The maximum atomic E-state index is 10.8. The summed E-state index contributed by atoms with van der Waals surface area (Å²) in [5.74, 6) is 0.0267. The lowest BCUT2D eigenvalue weighted by atomic mass is 9.82. The molecule has 0 bridgehead atoms. The largest absolute Gasteiger partial charge is 0.488 e. The minimum absolute atomic E-state index is 0.115. The van der Waals surface area contributed by atoms with Crippen LogP contribution < -0.4 is 4.74 Å². The second kappa shape index (κ2) is 5.61. The molecule has 1 unspecified atom stereocenters. The topological polar surface area (TPSA) is 55.8 Å². The Bertz CT molecular complexity index is 430. The zero-order chi connectivity index (χ0) is 13.9. The van der Waals surface area contributed by atoms with Gasteiger partial charge >= 0.3 is 5.97 Å². The molecule has 0 spiro atoms. The van der Waals surface area contributed by atoms with Gasteiger partial charge in [-0.05, 0) is 17.7 Å². The van der Waals surface area contributed by atoms with Gasteiger partial charge in [0.1, 0.15) is 11.9 Å². The van der Waals surface area contributed by atoms with Crippen molar-refractivity contribution >= 4 is 5.97 Å². The fourth-order valence-electron chi connectivity index (χ4n) is 2.26. The van der Waals surface area contributed by atoms with Gasteiger partial charge in [-0.2, -0.15) is 0 Å². The summed E-state index contributed by atoms with van der Waals surface area (Å²) in [6.07, 6.45) is 1.17. The summed E-state index contributed by atoms with van der Waals surface area (Å²) in [5, 5.41) is 8.92. The fourth-order valence-corrected chi connectivity index (χ4v) is 2.26. The maximum Gasteiger partial charge on any atom is 0.304 e. The monoisotopic (exact) mass is 264 g/mol. The van der Waals surface area contributed by atoms with E-state index in [1.165, 1.54) is 0 Å². The Morgan fingerprint density at radius 2 is 2.11 bits per heavy atom. The van der Waals surface area contributed by atoms with Crippen LogP contribution in [0, 0.1) is 0 Å². The molecular formula is C15H20O4. The highest BCUT2D eigenvalue weighted by Crippen LogP contribution is 2.29. The van der Waals surface area contributed by atoms with Crippen LogP contribution in [-0.4, -0.2) is 30.4 Å². The summed E-state index contributed by atoms with van der Waals surface area (Å²) in [6.45, 7) is 5.27. The molecule has 1 aliphatic rings. The Balaban J connectivity index is 2.02. The Morgan fingerprint density at radius 1 is 1.42 bits per heavy atom.